The SMILES string of the molecule is COc1cc(C(=O)NCC(C)C)cc(OC)c1OCc1ccccc1. The van der Waals surface area contributed by atoms with Gasteiger partial charge in [0.05, 0.1) is 14.2 Å². The fraction of sp³-hybridized carbons (Fsp3) is 0.350. The molecule has 0 aliphatic carbocycles. The highest BCUT2D eigenvalue weighted by molar-refractivity contribution is 5.95. The van der Waals surface area contributed by atoms with Gasteiger partial charge in [-0.1, -0.05) is 44.2 Å². The lowest BCUT2D eigenvalue weighted by Crippen LogP contribution is -2.27. The number of amides is 1. The molecule has 0 aliphatic heterocycles. The molecule has 0 unspecified atom stereocenters. The van der Waals surface area contributed by atoms with Gasteiger partial charge >= 0.3 is 0 Å². The smallest absolute Gasteiger partial charge is 0.251 e. The molecule has 0 spiro atoms. The number of carbonyl (C=O) groups is 1. The lowest BCUT2D eigenvalue weighted by molar-refractivity contribution is 0.0948. The van der Waals surface area contributed by atoms with Crippen molar-refractivity contribution in [1.82, 2.24) is 5.32 Å². The lowest BCUT2D eigenvalue weighted by atomic mass is 10.1. The second-order valence-corrected chi connectivity index (χ2v) is 6.09. The first-order valence-corrected chi connectivity index (χ1v) is 8.26. The molecule has 0 aromatic heterocycles. The maximum absolute atomic E-state index is 12.3. The molecule has 0 saturated heterocycles. The molecule has 2 aromatic rings. The fourth-order valence-electron chi connectivity index (χ4n) is 2.28. The molecule has 5 heteroatoms. The summed E-state index contributed by atoms with van der Waals surface area (Å²) in [4.78, 5) is 12.3. The van der Waals surface area contributed by atoms with Crippen LogP contribution < -0.4 is 19.5 Å². The third-order valence-corrected chi connectivity index (χ3v) is 3.62. The van der Waals surface area contributed by atoms with Gasteiger partial charge in [-0.3, -0.25) is 4.79 Å². The van der Waals surface area contributed by atoms with Crippen LogP contribution in [0.2, 0.25) is 0 Å². The van der Waals surface area contributed by atoms with Crippen LogP contribution >= 0.6 is 0 Å². The van der Waals surface area contributed by atoms with Gasteiger partial charge < -0.3 is 19.5 Å². The molecule has 0 bridgehead atoms. The van der Waals surface area contributed by atoms with Crippen molar-refractivity contribution in [2.24, 2.45) is 5.92 Å². The second-order valence-electron chi connectivity index (χ2n) is 6.09. The molecule has 2 aromatic carbocycles. The summed E-state index contributed by atoms with van der Waals surface area (Å²) in [6, 6.07) is 13.1. The highest BCUT2D eigenvalue weighted by Crippen LogP contribution is 2.39. The Hall–Kier alpha value is -2.69. The minimum atomic E-state index is -0.167. The summed E-state index contributed by atoms with van der Waals surface area (Å²) in [5.41, 5.74) is 1.51. The first-order chi connectivity index (χ1) is 12.0. The van der Waals surface area contributed by atoms with Crippen LogP contribution in [0.15, 0.2) is 42.5 Å². The maximum atomic E-state index is 12.3. The minimum absolute atomic E-state index is 0.167. The Labute approximate surface area is 148 Å². The molecule has 0 fully saturated rings. The first kappa shape index (κ1) is 18.6. The van der Waals surface area contributed by atoms with E-state index in [0.717, 1.165) is 5.56 Å². The van der Waals surface area contributed by atoms with Gasteiger partial charge in [-0.15, -0.1) is 0 Å². The molecular weight excluding hydrogens is 318 g/mol. The number of methoxy groups -OCH3 is 2. The third kappa shape index (κ3) is 5.14. The zero-order chi connectivity index (χ0) is 18.2. The zero-order valence-electron chi connectivity index (χ0n) is 15.2. The standard InChI is InChI=1S/C20H25NO4/c1-14(2)12-21-20(22)16-10-17(23-3)19(18(11-16)24-4)25-13-15-8-6-5-7-9-15/h5-11,14H,12-13H2,1-4H3,(H,21,22). The topological polar surface area (TPSA) is 56.8 Å². The van der Waals surface area contributed by atoms with Gasteiger partial charge in [-0.05, 0) is 23.6 Å². The molecule has 25 heavy (non-hydrogen) atoms. The van der Waals surface area contributed by atoms with Gasteiger partial charge in [0.25, 0.3) is 5.91 Å². The fourth-order valence-corrected chi connectivity index (χ4v) is 2.28. The third-order valence-electron chi connectivity index (χ3n) is 3.62. The molecule has 0 heterocycles. The number of carbonyl (C=O) groups excluding carboxylic acids is 1. The quantitative estimate of drug-likeness (QED) is 0.794. The Kier molecular flexibility index (Phi) is 6.69. The molecule has 0 aliphatic rings. The van der Waals surface area contributed by atoms with Crippen LogP contribution in [0.4, 0.5) is 0 Å². The van der Waals surface area contributed by atoms with Crippen LogP contribution in [0.3, 0.4) is 0 Å². The summed E-state index contributed by atoms with van der Waals surface area (Å²) < 4.78 is 16.7. The van der Waals surface area contributed by atoms with Crippen molar-refractivity contribution in [3.05, 3.63) is 53.6 Å². The minimum Gasteiger partial charge on any atom is -0.493 e. The number of hydrogen-bond donors (Lipinski definition) is 1. The Bertz CT molecular complexity index is 673. The molecule has 1 amide bonds. The predicted molar refractivity (Wildman–Crippen MR) is 97.5 cm³/mol. The van der Waals surface area contributed by atoms with E-state index in [9.17, 15) is 4.79 Å². The van der Waals surface area contributed by atoms with Crippen molar-refractivity contribution in [3.8, 4) is 17.2 Å². The van der Waals surface area contributed by atoms with Crippen LogP contribution in [-0.2, 0) is 6.61 Å². The average Bonchev–Trinajstić information content (AvgIpc) is 2.64. The molecule has 5 nitrogen and oxygen atoms in total. The summed E-state index contributed by atoms with van der Waals surface area (Å²) in [6.07, 6.45) is 0. The van der Waals surface area contributed by atoms with Crippen molar-refractivity contribution in [1.29, 1.82) is 0 Å². The van der Waals surface area contributed by atoms with Crippen molar-refractivity contribution in [2.45, 2.75) is 20.5 Å². The van der Waals surface area contributed by atoms with Crippen LogP contribution in [0.5, 0.6) is 17.2 Å². The molecule has 0 radical (unpaired) electrons. The van der Waals surface area contributed by atoms with Gasteiger partial charge in [-0.2, -0.15) is 0 Å². The van der Waals surface area contributed by atoms with Gasteiger partial charge in [0.2, 0.25) is 5.75 Å². The average molecular weight is 343 g/mol. The van der Waals surface area contributed by atoms with Gasteiger partial charge in [0.15, 0.2) is 11.5 Å². The highest BCUT2D eigenvalue weighted by Gasteiger charge is 2.18. The van der Waals surface area contributed by atoms with E-state index in [1.54, 1.807) is 26.4 Å². The Morgan fingerprint density at radius 1 is 1.04 bits per heavy atom. The summed E-state index contributed by atoms with van der Waals surface area (Å²) in [7, 11) is 3.08. The Morgan fingerprint density at radius 3 is 2.16 bits per heavy atom. The Balaban J connectivity index is 2.23. The van der Waals surface area contributed by atoms with E-state index in [1.165, 1.54) is 0 Å². The largest absolute Gasteiger partial charge is 0.493 e. The summed E-state index contributed by atoms with van der Waals surface area (Å²) >= 11 is 0. The van der Waals surface area contributed by atoms with Crippen molar-refractivity contribution < 1.29 is 19.0 Å². The van der Waals surface area contributed by atoms with Crippen molar-refractivity contribution >= 4 is 5.91 Å². The number of rotatable bonds is 8. The van der Waals surface area contributed by atoms with E-state index in [2.05, 4.69) is 5.32 Å². The number of benzene rings is 2. The van der Waals surface area contributed by atoms with Crippen LogP contribution in [0, 0.1) is 5.92 Å². The van der Waals surface area contributed by atoms with Gasteiger partial charge in [0.1, 0.15) is 6.61 Å². The molecule has 0 atom stereocenters. The van der Waals surface area contributed by atoms with Crippen LogP contribution in [-0.4, -0.2) is 26.7 Å². The molecular formula is C20H25NO4. The second kappa shape index (κ2) is 8.97. The van der Waals surface area contributed by atoms with Crippen molar-refractivity contribution in [2.75, 3.05) is 20.8 Å². The maximum Gasteiger partial charge on any atom is 0.251 e. The first-order valence-electron chi connectivity index (χ1n) is 8.26. The highest BCUT2D eigenvalue weighted by atomic mass is 16.5. The van der Waals surface area contributed by atoms with Crippen molar-refractivity contribution in [3.63, 3.8) is 0 Å². The van der Waals surface area contributed by atoms with E-state index in [1.807, 2.05) is 44.2 Å². The normalized spacial score (nSPS) is 10.4. The van der Waals surface area contributed by atoms with Gasteiger partial charge in [0, 0.05) is 12.1 Å². The number of nitrogens with one attached hydrogen (secondary N) is 1. The molecule has 134 valence electrons. The van der Waals surface area contributed by atoms with E-state index >= 15 is 0 Å². The monoisotopic (exact) mass is 343 g/mol. The molecule has 1 N–H and O–H groups in total. The van der Waals surface area contributed by atoms with E-state index in [-0.39, 0.29) is 5.91 Å². The van der Waals surface area contributed by atoms with Crippen LogP contribution in [0.1, 0.15) is 29.8 Å². The van der Waals surface area contributed by atoms with Gasteiger partial charge in [-0.25, -0.2) is 0 Å². The van der Waals surface area contributed by atoms with E-state index < -0.39 is 0 Å². The zero-order valence-corrected chi connectivity index (χ0v) is 15.2. The van der Waals surface area contributed by atoms with Crippen LogP contribution in [0.25, 0.3) is 0 Å². The lowest BCUT2D eigenvalue weighted by Gasteiger charge is -2.16. The summed E-state index contributed by atoms with van der Waals surface area (Å²) in [6.45, 7) is 5.08. The predicted octanol–water partition coefficient (Wildman–Crippen LogP) is 3.67. The summed E-state index contributed by atoms with van der Waals surface area (Å²) in [5.74, 6) is 1.62. The summed E-state index contributed by atoms with van der Waals surface area (Å²) in [5, 5.41) is 2.89. The molecule has 0 saturated carbocycles. The van der Waals surface area contributed by atoms with E-state index in [0.29, 0.717) is 41.9 Å². The molecule has 2 rings (SSSR count). The number of hydrogen-bond acceptors (Lipinski definition) is 4. The van der Waals surface area contributed by atoms with E-state index in [4.69, 9.17) is 14.2 Å². The Morgan fingerprint density at radius 2 is 1.64 bits per heavy atom. The number of ether oxygens (including phenoxy) is 3.